The van der Waals surface area contributed by atoms with E-state index in [2.05, 4.69) is 5.32 Å². The first kappa shape index (κ1) is 15.8. The number of urea groups is 1. The Morgan fingerprint density at radius 3 is 2.35 bits per heavy atom. The van der Waals surface area contributed by atoms with Crippen LogP contribution in [0.4, 0.5) is 9.18 Å². The third-order valence-electron chi connectivity index (χ3n) is 5.02. The third kappa shape index (κ3) is 3.46. The number of piperidine rings is 1. The summed E-state index contributed by atoms with van der Waals surface area (Å²) in [4.78, 5) is 24.9. The van der Waals surface area contributed by atoms with Crippen molar-refractivity contribution in [1.29, 1.82) is 0 Å². The van der Waals surface area contributed by atoms with Gasteiger partial charge in [0.25, 0.3) is 0 Å². The quantitative estimate of drug-likeness (QED) is 0.895. The van der Waals surface area contributed by atoms with Crippen LogP contribution >= 0.6 is 0 Å². The summed E-state index contributed by atoms with van der Waals surface area (Å²) >= 11 is 0. The van der Waals surface area contributed by atoms with Gasteiger partial charge in [0.2, 0.25) is 0 Å². The minimum Gasteiger partial charge on any atom is -0.481 e. The van der Waals surface area contributed by atoms with Crippen LogP contribution in [0.5, 0.6) is 0 Å². The Bertz CT molecular complexity index is 590. The Morgan fingerprint density at radius 2 is 1.83 bits per heavy atom. The number of carboxylic acids is 1. The summed E-state index contributed by atoms with van der Waals surface area (Å²) in [5.74, 6) is -1.37. The lowest BCUT2D eigenvalue weighted by atomic mass is 9.96. The largest absolute Gasteiger partial charge is 0.481 e. The van der Waals surface area contributed by atoms with Gasteiger partial charge in [-0.15, -0.1) is 0 Å². The Hall–Kier alpha value is -2.11. The number of amides is 2. The van der Waals surface area contributed by atoms with Crippen molar-refractivity contribution in [2.75, 3.05) is 19.6 Å². The van der Waals surface area contributed by atoms with Gasteiger partial charge >= 0.3 is 12.0 Å². The minimum atomic E-state index is -0.779. The van der Waals surface area contributed by atoms with Gasteiger partial charge < -0.3 is 15.3 Å². The topological polar surface area (TPSA) is 69.6 Å². The average Bonchev–Trinajstić information content (AvgIpc) is 3.34. The fraction of sp³-hybridized carbons (Fsp3) is 0.529. The van der Waals surface area contributed by atoms with Crippen molar-refractivity contribution in [1.82, 2.24) is 10.2 Å². The molecule has 1 saturated heterocycles. The van der Waals surface area contributed by atoms with Crippen LogP contribution < -0.4 is 5.32 Å². The molecule has 0 atom stereocenters. The molecule has 0 bridgehead atoms. The molecule has 1 aliphatic carbocycles. The molecule has 2 fully saturated rings. The summed E-state index contributed by atoms with van der Waals surface area (Å²) in [6.45, 7) is 1.50. The van der Waals surface area contributed by atoms with Crippen LogP contribution in [0.15, 0.2) is 24.3 Å². The van der Waals surface area contributed by atoms with E-state index in [1.165, 1.54) is 12.1 Å². The van der Waals surface area contributed by atoms with Crippen LogP contribution in [0.2, 0.25) is 0 Å². The number of aliphatic carboxylic acids is 1. The van der Waals surface area contributed by atoms with Crippen molar-refractivity contribution in [3.8, 4) is 0 Å². The monoisotopic (exact) mass is 320 g/mol. The van der Waals surface area contributed by atoms with Gasteiger partial charge in [-0.3, -0.25) is 4.79 Å². The number of likely N-dealkylation sites (tertiary alicyclic amines) is 1. The number of nitrogens with zero attached hydrogens (tertiary/aromatic N) is 1. The number of nitrogens with one attached hydrogen (secondary N) is 1. The van der Waals surface area contributed by atoms with Crippen LogP contribution in [-0.4, -0.2) is 41.6 Å². The van der Waals surface area contributed by atoms with Crippen molar-refractivity contribution in [3.05, 3.63) is 35.6 Å². The van der Waals surface area contributed by atoms with Gasteiger partial charge in [0.15, 0.2) is 0 Å². The molecule has 0 aromatic heterocycles. The number of benzene rings is 1. The van der Waals surface area contributed by atoms with Crippen molar-refractivity contribution in [2.24, 2.45) is 5.92 Å². The molecule has 2 amide bonds. The van der Waals surface area contributed by atoms with E-state index in [0.29, 0.717) is 32.5 Å². The van der Waals surface area contributed by atoms with E-state index in [1.807, 2.05) is 0 Å². The van der Waals surface area contributed by atoms with Crippen LogP contribution in [0, 0.1) is 11.7 Å². The third-order valence-corrected chi connectivity index (χ3v) is 5.02. The predicted octanol–water partition coefficient (Wildman–Crippen LogP) is 2.36. The van der Waals surface area contributed by atoms with Crippen LogP contribution in [-0.2, 0) is 10.2 Å². The number of carbonyl (C=O) groups excluding carboxylic acids is 1. The summed E-state index contributed by atoms with van der Waals surface area (Å²) in [6, 6.07) is 6.34. The maximum absolute atomic E-state index is 13.0. The Morgan fingerprint density at radius 1 is 1.22 bits per heavy atom. The number of hydrogen-bond donors (Lipinski definition) is 2. The highest BCUT2D eigenvalue weighted by molar-refractivity contribution is 5.75. The lowest BCUT2D eigenvalue weighted by molar-refractivity contribution is -0.143. The van der Waals surface area contributed by atoms with Gasteiger partial charge in [0, 0.05) is 25.0 Å². The first-order valence-corrected chi connectivity index (χ1v) is 8.02. The highest BCUT2D eigenvalue weighted by Gasteiger charge is 2.44. The van der Waals surface area contributed by atoms with E-state index in [4.69, 9.17) is 5.11 Å². The van der Waals surface area contributed by atoms with Crippen molar-refractivity contribution in [3.63, 3.8) is 0 Å². The van der Waals surface area contributed by atoms with Crippen LogP contribution in [0.25, 0.3) is 0 Å². The molecule has 1 aromatic rings. The number of hydrogen-bond acceptors (Lipinski definition) is 2. The maximum Gasteiger partial charge on any atom is 0.317 e. The number of rotatable bonds is 4. The van der Waals surface area contributed by atoms with Crippen molar-refractivity contribution < 1.29 is 19.1 Å². The molecule has 124 valence electrons. The summed E-state index contributed by atoms with van der Waals surface area (Å²) < 4.78 is 13.0. The second-order valence-electron chi connectivity index (χ2n) is 6.55. The van der Waals surface area contributed by atoms with Gasteiger partial charge in [-0.05, 0) is 43.4 Å². The molecule has 1 heterocycles. The molecular weight excluding hydrogens is 299 g/mol. The van der Waals surface area contributed by atoms with E-state index in [0.717, 1.165) is 18.4 Å². The fourth-order valence-electron chi connectivity index (χ4n) is 3.21. The van der Waals surface area contributed by atoms with Crippen LogP contribution in [0.3, 0.4) is 0 Å². The molecule has 1 aromatic carbocycles. The standard InChI is InChI=1S/C17H21FN2O3/c18-14-3-1-13(2-4-14)17(7-8-17)11-19-16(23)20-9-5-12(6-10-20)15(21)22/h1-4,12H,5-11H2,(H,19,23)(H,21,22). The van der Waals surface area contributed by atoms with E-state index in [1.54, 1.807) is 17.0 Å². The smallest absolute Gasteiger partial charge is 0.317 e. The second kappa shape index (κ2) is 6.18. The zero-order valence-corrected chi connectivity index (χ0v) is 12.9. The number of carboxylic acid groups (broad SMARTS) is 1. The number of carbonyl (C=O) groups is 2. The molecule has 6 heteroatoms. The molecule has 0 unspecified atom stereocenters. The Labute approximate surface area is 134 Å². The van der Waals surface area contributed by atoms with E-state index >= 15 is 0 Å². The lowest BCUT2D eigenvalue weighted by Crippen LogP contribution is -2.47. The van der Waals surface area contributed by atoms with Gasteiger partial charge in [-0.2, -0.15) is 0 Å². The first-order chi connectivity index (χ1) is 11.0. The van der Waals surface area contributed by atoms with Crippen molar-refractivity contribution in [2.45, 2.75) is 31.1 Å². The Kier molecular flexibility index (Phi) is 4.24. The van der Waals surface area contributed by atoms with Gasteiger partial charge in [0.05, 0.1) is 5.92 Å². The lowest BCUT2D eigenvalue weighted by Gasteiger charge is -2.30. The molecule has 2 N–H and O–H groups in total. The molecule has 2 aliphatic rings. The highest BCUT2D eigenvalue weighted by Crippen LogP contribution is 2.47. The zero-order chi connectivity index (χ0) is 16.4. The molecule has 0 radical (unpaired) electrons. The maximum atomic E-state index is 13.0. The average molecular weight is 320 g/mol. The summed E-state index contributed by atoms with van der Waals surface area (Å²) in [5, 5.41) is 11.9. The van der Waals surface area contributed by atoms with E-state index in [-0.39, 0.29) is 23.2 Å². The fourth-order valence-corrected chi connectivity index (χ4v) is 3.21. The van der Waals surface area contributed by atoms with E-state index in [9.17, 15) is 14.0 Å². The molecular formula is C17H21FN2O3. The molecule has 0 spiro atoms. The summed E-state index contributed by atoms with van der Waals surface area (Å²) in [5.41, 5.74) is 0.992. The normalized spacial score (nSPS) is 20.1. The summed E-state index contributed by atoms with van der Waals surface area (Å²) in [7, 11) is 0. The molecule has 23 heavy (non-hydrogen) atoms. The summed E-state index contributed by atoms with van der Waals surface area (Å²) in [6.07, 6.45) is 2.98. The second-order valence-corrected chi connectivity index (χ2v) is 6.55. The van der Waals surface area contributed by atoms with Gasteiger partial charge in [-0.1, -0.05) is 12.1 Å². The van der Waals surface area contributed by atoms with E-state index < -0.39 is 5.97 Å². The van der Waals surface area contributed by atoms with Crippen LogP contribution in [0.1, 0.15) is 31.2 Å². The van der Waals surface area contributed by atoms with Gasteiger partial charge in [-0.25, -0.2) is 9.18 Å². The highest BCUT2D eigenvalue weighted by atomic mass is 19.1. The zero-order valence-electron chi connectivity index (χ0n) is 12.9. The molecule has 5 nitrogen and oxygen atoms in total. The molecule has 1 aliphatic heterocycles. The number of halogens is 1. The minimum absolute atomic E-state index is 0.0667. The van der Waals surface area contributed by atoms with Crippen molar-refractivity contribution >= 4 is 12.0 Å². The molecule has 3 rings (SSSR count). The van der Waals surface area contributed by atoms with Gasteiger partial charge in [0.1, 0.15) is 5.82 Å². The predicted molar refractivity (Wildman–Crippen MR) is 82.6 cm³/mol. The SMILES string of the molecule is O=C(O)C1CCN(C(=O)NCC2(c3ccc(F)cc3)CC2)CC1. The Balaban J connectivity index is 1.51. The molecule has 1 saturated carbocycles. The first-order valence-electron chi connectivity index (χ1n) is 8.02.